The number of guanidine groups is 1. The number of nitrogens with one attached hydrogen (secondary N) is 4. The lowest BCUT2D eigenvalue weighted by molar-refractivity contribution is 0.785. The normalized spacial score (nSPS) is 11.9. The maximum Gasteiger partial charge on any atom is 0.191 e. The van der Waals surface area contributed by atoms with E-state index >= 15 is 0 Å². The highest BCUT2D eigenvalue weighted by Gasteiger charge is 2.07. The highest BCUT2D eigenvalue weighted by Crippen LogP contribution is 2.19. The van der Waals surface area contributed by atoms with E-state index in [1.54, 1.807) is 24.3 Å². The largest absolute Gasteiger partial charge is 0.368 e. The van der Waals surface area contributed by atoms with E-state index in [2.05, 4.69) is 72.3 Å². The molecule has 30 heavy (non-hydrogen) atoms. The first-order valence-electron chi connectivity index (χ1n) is 10.0. The average Bonchev–Trinajstić information content (AvgIpc) is 3.33. The van der Waals surface area contributed by atoms with E-state index in [0.29, 0.717) is 13.1 Å². The van der Waals surface area contributed by atoms with Crippen LogP contribution in [-0.2, 0) is 13.5 Å². The molecule has 0 radical (unpaired) electrons. The first-order valence-corrected chi connectivity index (χ1v) is 10.0. The summed E-state index contributed by atoms with van der Waals surface area (Å²) >= 11 is 0. The van der Waals surface area contributed by atoms with Crippen molar-refractivity contribution in [1.82, 2.24) is 35.4 Å². The fraction of sp³-hybridized carbons (Fsp3) is 0.333. The molecule has 156 valence electrons. The molecule has 4 aromatic rings. The number of rotatable bonds is 7. The molecule has 0 aliphatic rings. The van der Waals surface area contributed by atoms with Crippen molar-refractivity contribution >= 4 is 33.7 Å². The Morgan fingerprint density at radius 2 is 2.00 bits per heavy atom. The minimum atomic E-state index is 0.698. The summed E-state index contributed by atoms with van der Waals surface area (Å²) in [5.74, 6) is 1.56. The van der Waals surface area contributed by atoms with Gasteiger partial charge in [0, 0.05) is 50.8 Å². The summed E-state index contributed by atoms with van der Waals surface area (Å²) in [7, 11) is 3.65. The number of H-pyrrole nitrogens is 1. The molecule has 0 amide bonds. The van der Waals surface area contributed by atoms with Crippen LogP contribution >= 0.6 is 0 Å². The molecule has 1 aromatic carbocycles. The SMILES string of the molecule is CN=C(NCCNc1ncnc2c1cnn2C)NCCc1c[nH]c2cc(C)ccc12. The van der Waals surface area contributed by atoms with E-state index in [0.717, 1.165) is 35.8 Å². The van der Waals surface area contributed by atoms with Gasteiger partial charge in [-0.1, -0.05) is 12.1 Å². The monoisotopic (exact) mass is 405 g/mol. The molecule has 4 rings (SSSR count). The second-order valence-corrected chi connectivity index (χ2v) is 7.19. The molecule has 0 bridgehead atoms. The lowest BCUT2D eigenvalue weighted by atomic mass is 10.1. The topological polar surface area (TPSA) is 108 Å². The summed E-state index contributed by atoms with van der Waals surface area (Å²) in [6.07, 6.45) is 6.33. The van der Waals surface area contributed by atoms with Crippen LogP contribution in [0.4, 0.5) is 5.82 Å². The Morgan fingerprint density at radius 3 is 2.87 bits per heavy atom. The molecule has 0 unspecified atom stereocenters. The molecule has 0 aliphatic heterocycles. The van der Waals surface area contributed by atoms with E-state index in [1.807, 2.05) is 7.05 Å². The molecular formula is C21H27N9. The lowest BCUT2D eigenvalue weighted by Gasteiger charge is -2.12. The Labute approximate surface area is 175 Å². The summed E-state index contributed by atoms with van der Waals surface area (Å²) in [6, 6.07) is 6.51. The van der Waals surface area contributed by atoms with Gasteiger partial charge in [0.25, 0.3) is 0 Å². The Morgan fingerprint density at radius 1 is 1.13 bits per heavy atom. The number of nitrogens with zero attached hydrogens (tertiary/aromatic N) is 5. The molecule has 0 aliphatic carbocycles. The molecule has 0 saturated carbocycles. The molecule has 3 heterocycles. The Kier molecular flexibility index (Phi) is 5.78. The number of aliphatic imine (C=N–C) groups is 1. The summed E-state index contributed by atoms with van der Waals surface area (Å²) in [5.41, 5.74) is 4.56. The number of aromatic nitrogens is 5. The van der Waals surface area contributed by atoms with E-state index in [1.165, 1.54) is 22.0 Å². The fourth-order valence-electron chi connectivity index (χ4n) is 3.51. The lowest BCUT2D eigenvalue weighted by Crippen LogP contribution is -2.40. The van der Waals surface area contributed by atoms with E-state index < -0.39 is 0 Å². The third-order valence-electron chi connectivity index (χ3n) is 5.07. The predicted molar refractivity (Wildman–Crippen MR) is 121 cm³/mol. The van der Waals surface area contributed by atoms with E-state index in [4.69, 9.17) is 0 Å². The van der Waals surface area contributed by atoms with Crippen LogP contribution in [0.3, 0.4) is 0 Å². The number of benzene rings is 1. The van der Waals surface area contributed by atoms with Gasteiger partial charge in [-0.15, -0.1) is 0 Å². The zero-order valence-electron chi connectivity index (χ0n) is 17.5. The highest BCUT2D eigenvalue weighted by molar-refractivity contribution is 5.86. The Bertz CT molecular complexity index is 1170. The molecule has 3 aromatic heterocycles. The molecule has 4 N–H and O–H groups in total. The quantitative estimate of drug-likeness (QED) is 0.213. The molecular weight excluding hydrogens is 378 g/mol. The van der Waals surface area contributed by atoms with Gasteiger partial charge in [0.1, 0.15) is 12.1 Å². The first kappa shape index (κ1) is 19.7. The van der Waals surface area contributed by atoms with Gasteiger partial charge in [-0.25, -0.2) is 9.97 Å². The Balaban J connectivity index is 1.24. The summed E-state index contributed by atoms with van der Waals surface area (Å²) < 4.78 is 1.74. The standard InChI is InChI=1S/C21H27N9/c1-14-4-5-16-15(11-26-18(16)10-14)6-7-24-21(22-2)25-9-8-23-19-17-12-29-30(3)20(17)28-13-27-19/h4-5,10-13,26H,6-9H2,1-3H3,(H2,22,24,25)(H,23,27,28). The van der Waals surface area contributed by atoms with Gasteiger partial charge in [0.2, 0.25) is 0 Å². The highest BCUT2D eigenvalue weighted by atomic mass is 15.3. The number of fused-ring (bicyclic) bond motifs is 2. The van der Waals surface area contributed by atoms with Gasteiger partial charge in [0.05, 0.1) is 11.6 Å². The van der Waals surface area contributed by atoms with Crippen molar-refractivity contribution in [2.45, 2.75) is 13.3 Å². The molecule has 0 spiro atoms. The first-order chi connectivity index (χ1) is 14.7. The van der Waals surface area contributed by atoms with Crippen LogP contribution in [0.5, 0.6) is 0 Å². The van der Waals surface area contributed by atoms with Crippen LogP contribution in [0, 0.1) is 6.92 Å². The fourth-order valence-corrected chi connectivity index (χ4v) is 3.51. The van der Waals surface area contributed by atoms with Crippen molar-refractivity contribution < 1.29 is 0 Å². The van der Waals surface area contributed by atoms with Gasteiger partial charge >= 0.3 is 0 Å². The summed E-state index contributed by atoms with van der Waals surface area (Å²) in [4.78, 5) is 16.2. The molecule has 0 atom stereocenters. The maximum atomic E-state index is 4.31. The minimum absolute atomic E-state index is 0.698. The molecule has 9 heteroatoms. The van der Waals surface area contributed by atoms with Gasteiger partial charge in [-0.3, -0.25) is 9.67 Å². The van der Waals surface area contributed by atoms with E-state index in [-0.39, 0.29) is 0 Å². The van der Waals surface area contributed by atoms with Crippen LogP contribution in [0.1, 0.15) is 11.1 Å². The zero-order valence-corrected chi connectivity index (χ0v) is 17.5. The van der Waals surface area contributed by atoms with Crippen molar-refractivity contribution in [3.05, 3.63) is 48.0 Å². The smallest absolute Gasteiger partial charge is 0.191 e. The van der Waals surface area contributed by atoms with Crippen molar-refractivity contribution in [2.24, 2.45) is 12.0 Å². The van der Waals surface area contributed by atoms with Crippen LogP contribution in [0.2, 0.25) is 0 Å². The second-order valence-electron chi connectivity index (χ2n) is 7.19. The van der Waals surface area contributed by atoms with Gasteiger partial charge in [-0.05, 0) is 30.5 Å². The molecule has 0 saturated heterocycles. The van der Waals surface area contributed by atoms with Crippen LogP contribution in [0.15, 0.2) is 41.9 Å². The number of hydrogen-bond acceptors (Lipinski definition) is 5. The van der Waals surface area contributed by atoms with Gasteiger partial charge < -0.3 is 20.9 Å². The number of aromatic amines is 1. The summed E-state index contributed by atoms with van der Waals surface area (Å²) in [6.45, 7) is 4.31. The van der Waals surface area contributed by atoms with Crippen molar-refractivity contribution in [3.63, 3.8) is 0 Å². The Hall–Kier alpha value is -3.62. The maximum absolute atomic E-state index is 4.31. The second kappa shape index (κ2) is 8.81. The third-order valence-corrected chi connectivity index (χ3v) is 5.07. The number of aryl methyl sites for hydroxylation is 2. The zero-order chi connectivity index (χ0) is 20.9. The third kappa shape index (κ3) is 4.19. The number of hydrogen-bond donors (Lipinski definition) is 4. The molecule has 9 nitrogen and oxygen atoms in total. The van der Waals surface area contributed by atoms with Crippen LogP contribution in [-0.4, -0.2) is 57.4 Å². The average molecular weight is 406 g/mol. The molecule has 0 fully saturated rings. The van der Waals surface area contributed by atoms with Crippen molar-refractivity contribution in [1.29, 1.82) is 0 Å². The van der Waals surface area contributed by atoms with Gasteiger partial charge in [0.15, 0.2) is 11.6 Å². The predicted octanol–water partition coefficient (Wildman–Crippen LogP) is 1.97. The van der Waals surface area contributed by atoms with Crippen molar-refractivity contribution in [2.75, 3.05) is 32.0 Å². The minimum Gasteiger partial charge on any atom is -0.368 e. The van der Waals surface area contributed by atoms with Crippen LogP contribution in [0.25, 0.3) is 21.9 Å². The van der Waals surface area contributed by atoms with E-state index in [9.17, 15) is 0 Å². The summed E-state index contributed by atoms with van der Waals surface area (Å²) in [5, 5.41) is 16.4. The van der Waals surface area contributed by atoms with Gasteiger partial charge in [-0.2, -0.15) is 5.10 Å². The van der Waals surface area contributed by atoms with Crippen LogP contribution < -0.4 is 16.0 Å². The number of anilines is 1. The van der Waals surface area contributed by atoms with Crippen molar-refractivity contribution in [3.8, 4) is 0 Å².